The Morgan fingerprint density at radius 1 is 1.00 bits per heavy atom. The van der Waals surface area contributed by atoms with Gasteiger partial charge >= 0.3 is 6.03 Å². The van der Waals surface area contributed by atoms with E-state index >= 15 is 0 Å². The lowest BCUT2D eigenvalue weighted by Gasteiger charge is -2.21. The number of nitrogens with zero attached hydrogens (tertiary/aromatic N) is 1. The molecule has 0 bridgehead atoms. The van der Waals surface area contributed by atoms with Crippen LogP contribution in [0.15, 0.2) is 77.2 Å². The van der Waals surface area contributed by atoms with Crippen molar-refractivity contribution >= 4 is 27.8 Å². The molecule has 3 aromatic carbocycles. The van der Waals surface area contributed by atoms with E-state index in [0.717, 1.165) is 22.3 Å². The van der Waals surface area contributed by atoms with Gasteiger partial charge < -0.3 is 14.6 Å². The second-order valence-corrected chi connectivity index (χ2v) is 6.85. The Morgan fingerprint density at radius 3 is 2.52 bits per heavy atom. The van der Waals surface area contributed by atoms with Gasteiger partial charge in [-0.3, -0.25) is 0 Å². The van der Waals surface area contributed by atoms with Gasteiger partial charge in [-0.15, -0.1) is 0 Å². The lowest BCUT2D eigenvalue weighted by atomic mass is 10.0. The van der Waals surface area contributed by atoms with E-state index in [0.29, 0.717) is 6.54 Å². The zero-order valence-corrected chi connectivity index (χ0v) is 15.5. The monoisotopic (exact) mass is 358 g/mol. The molecule has 0 fully saturated rings. The molecule has 0 aliphatic rings. The first kappa shape index (κ1) is 17.2. The van der Waals surface area contributed by atoms with Gasteiger partial charge in [-0.05, 0) is 35.4 Å². The van der Waals surface area contributed by atoms with Gasteiger partial charge in [-0.1, -0.05) is 60.7 Å². The Labute approximate surface area is 158 Å². The fourth-order valence-electron chi connectivity index (χ4n) is 3.34. The zero-order valence-electron chi connectivity index (χ0n) is 15.5. The average molecular weight is 358 g/mol. The quantitative estimate of drug-likeness (QED) is 0.524. The van der Waals surface area contributed by atoms with Crippen molar-refractivity contribution in [3.05, 3.63) is 84.1 Å². The highest BCUT2D eigenvalue weighted by Crippen LogP contribution is 2.24. The smallest absolute Gasteiger partial charge is 0.318 e. The van der Waals surface area contributed by atoms with E-state index in [1.807, 2.05) is 62.5 Å². The van der Waals surface area contributed by atoms with Gasteiger partial charge in [0.1, 0.15) is 11.3 Å². The van der Waals surface area contributed by atoms with E-state index in [-0.39, 0.29) is 12.1 Å². The molecule has 0 aliphatic heterocycles. The Kier molecular flexibility index (Phi) is 4.55. The van der Waals surface area contributed by atoms with Crippen molar-refractivity contribution in [3.63, 3.8) is 0 Å². The van der Waals surface area contributed by atoms with Crippen LogP contribution in [0.2, 0.25) is 0 Å². The van der Waals surface area contributed by atoms with E-state index < -0.39 is 0 Å². The SMILES string of the molecule is C[C@@H](NC(=O)N(C)Cc1cccc2ccccc12)c1cc2ccccc2o1. The van der Waals surface area contributed by atoms with Crippen molar-refractivity contribution in [2.75, 3.05) is 7.05 Å². The summed E-state index contributed by atoms with van der Waals surface area (Å²) in [5.74, 6) is 0.753. The van der Waals surface area contributed by atoms with E-state index in [9.17, 15) is 4.79 Å². The molecule has 0 radical (unpaired) electrons. The maximum absolute atomic E-state index is 12.7. The second-order valence-electron chi connectivity index (χ2n) is 6.85. The van der Waals surface area contributed by atoms with E-state index in [4.69, 9.17) is 4.42 Å². The van der Waals surface area contributed by atoms with Crippen molar-refractivity contribution in [2.24, 2.45) is 0 Å². The first-order valence-corrected chi connectivity index (χ1v) is 9.08. The van der Waals surface area contributed by atoms with Crippen molar-refractivity contribution in [1.29, 1.82) is 0 Å². The molecule has 0 spiro atoms. The summed E-state index contributed by atoms with van der Waals surface area (Å²) in [5, 5.41) is 6.41. The summed E-state index contributed by atoms with van der Waals surface area (Å²) >= 11 is 0. The highest BCUT2D eigenvalue weighted by Gasteiger charge is 2.17. The van der Waals surface area contributed by atoms with Gasteiger partial charge in [-0.25, -0.2) is 4.79 Å². The number of nitrogens with one attached hydrogen (secondary N) is 1. The van der Waals surface area contributed by atoms with Gasteiger partial charge in [0, 0.05) is 19.0 Å². The molecule has 4 nitrogen and oxygen atoms in total. The molecule has 1 N–H and O–H groups in total. The van der Waals surface area contributed by atoms with E-state index in [1.54, 1.807) is 4.90 Å². The molecule has 0 saturated heterocycles. The van der Waals surface area contributed by atoms with Crippen LogP contribution in [0.25, 0.3) is 21.7 Å². The normalized spacial score (nSPS) is 12.2. The van der Waals surface area contributed by atoms with E-state index in [1.165, 1.54) is 10.8 Å². The minimum Gasteiger partial charge on any atom is -0.459 e. The lowest BCUT2D eigenvalue weighted by molar-refractivity contribution is 0.202. The summed E-state index contributed by atoms with van der Waals surface area (Å²) in [4.78, 5) is 14.4. The standard InChI is InChI=1S/C23H22N2O2/c1-16(22-14-18-9-4-6-13-21(18)27-22)24-23(26)25(2)15-19-11-7-10-17-8-3-5-12-20(17)19/h3-14,16H,15H2,1-2H3,(H,24,26)/t16-/m1/s1. The Balaban J connectivity index is 1.47. The number of benzene rings is 3. The number of hydrogen-bond donors (Lipinski definition) is 1. The molecular weight excluding hydrogens is 336 g/mol. The molecule has 27 heavy (non-hydrogen) atoms. The van der Waals surface area contributed by atoms with Crippen LogP contribution in [-0.2, 0) is 6.54 Å². The fourth-order valence-corrected chi connectivity index (χ4v) is 3.34. The van der Waals surface area contributed by atoms with Gasteiger partial charge in [0.2, 0.25) is 0 Å². The highest BCUT2D eigenvalue weighted by molar-refractivity contribution is 5.86. The van der Waals surface area contributed by atoms with Gasteiger partial charge in [0.25, 0.3) is 0 Å². The van der Waals surface area contributed by atoms with Crippen molar-refractivity contribution in [2.45, 2.75) is 19.5 Å². The zero-order chi connectivity index (χ0) is 18.8. The molecule has 0 aliphatic carbocycles. The summed E-state index contributed by atoms with van der Waals surface area (Å²) < 4.78 is 5.85. The molecule has 0 saturated carbocycles. The number of carbonyl (C=O) groups is 1. The topological polar surface area (TPSA) is 45.5 Å². The predicted molar refractivity (Wildman–Crippen MR) is 109 cm³/mol. The van der Waals surface area contributed by atoms with Crippen LogP contribution in [0.1, 0.15) is 24.3 Å². The Hall–Kier alpha value is -3.27. The number of furan rings is 1. The van der Waals surface area contributed by atoms with Gasteiger partial charge in [-0.2, -0.15) is 0 Å². The molecule has 1 heterocycles. The molecule has 2 amide bonds. The first-order chi connectivity index (χ1) is 13.1. The van der Waals surface area contributed by atoms with Crippen LogP contribution in [0.4, 0.5) is 4.79 Å². The largest absolute Gasteiger partial charge is 0.459 e. The fraction of sp³-hybridized carbons (Fsp3) is 0.174. The third-order valence-corrected chi connectivity index (χ3v) is 4.85. The molecule has 1 atom stereocenters. The number of amides is 2. The molecule has 4 heteroatoms. The van der Waals surface area contributed by atoms with E-state index in [2.05, 4.69) is 29.6 Å². The highest BCUT2D eigenvalue weighted by atomic mass is 16.3. The van der Waals surface area contributed by atoms with Gasteiger partial charge in [0.05, 0.1) is 6.04 Å². The van der Waals surface area contributed by atoms with Crippen LogP contribution in [0.3, 0.4) is 0 Å². The Bertz CT molecular complexity index is 1060. The minimum absolute atomic E-state index is 0.129. The number of para-hydroxylation sites is 1. The van der Waals surface area contributed by atoms with Crippen molar-refractivity contribution in [1.82, 2.24) is 10.2 Å². The first-order valence-electron chi connectivity index (χ1n) is 9.08. The number of hydrogen-bond acceptors (Lipinski definition) is 2. The summed E-state index contributed by atoms with van der Waals surface area (Å²) in [5.41, 5.74) is 1.96. The predicted octanol–water partition coefficient (Wildman–Crippen LogP) is 5.49. The van der Waals surface area contributed by atoms with Crippen LogP contribution in [0, 0.1) is 0 Å². The minimum atomic E-state index is -0.208. The molecular formula is C23H22N2O2. The summed E-state index contributed by atoms with van der Waals surface area (Å²) in [6.45, 7) is 2.47. The summed E-state index contributed by atoms with van der Waals surface area (Å²) in [7, 11) is 1.81. The maximum atomic E-state index is 12.7. The molecule has 0 unspecified atom stereocenters. The van der Waals surface area contributed by atoms with Crippen LogP contribution >= 0.6 is 0 Å². The molecule has 4 rings (SSSR count). The molecule has 4 aromatic rings. The number of carbonyl (C=O) groups excluding carboxylic acids is 1. The van der Waals surface area contributed by atoms with Gasteiger partial charge in [0.15, 0.2) is 0 Å². The third kappa shape index (κ3) is 3.51. The van der Waals surface area contributed by atoms with Crippen LogP contribution in [0.5, 0.6) is 0 Å². The lowest BCUT2D eigenvalue weighted by Crippen LogP contribution is -2.38. The summed E-state index contributed by atoms with van der Waals surface area (Å²) in [6.07, 6.45) is 0. The van der Waals surface area contributed by atoms with Crippen LogP contribution in [-0.4, -0.2) is 18.0 Å². The summed E-state index contributed by atoms with van der Waals surface area (Å²) in [6, 6.07) is 23.9. The third-order valence-electron chi connectivity index (χ3n) is 4.85. The van der Waals surface area contributed by atoms with Crippen LogP contribution < -0.4 is 5.32 Å². The average Bonchev–Trinajstić information content (AvgIpc) is 3.12. The number of urea groups is 1. The number of rotatable bonds is 4. The molecule has 1 aromatic heterocycles. The van der Waals surface area contributed by atoms with Crippen molar-refractivity contribution in [3.8, 4) is 0 Å². The Morgan fingerprint density at radius 2 is 1.70 bits per heavy atom. The number of fused-ring (bicyclic) bond motifs is 2. The maximum Gasteiger partial charge on any atom is 0.318 e. The molecule has 136 valence electrons. The van der Waals surface area contributed by atoms with Crippen molar-refractivity contribution < 1.29 is 9.21 Å². The second kappa shape index (κ2) is 7.16.